The Balaban J connectivity index is 1.57. The van der Waals surface area contributed by atoms with E-state index in [1.54, 1.807) is 11.6 Å². The fourth-order valence-electron chi connectivity index (χ4n) is 4.70. The van der Waals surface area contributed by atoms with Crippen LogP contribution in [0.2, 0.25) is 0 Å². The predicted octanol–water partition coefficient (Wildman–Crippen LogP) is 2.66. The van der Waals surface area contributed by atoms with Crippen LogP contribution in [0.4, 0.5) is 5.69 Å². The summed E-state index contributed by atoms with van der Waals surface area (Å²) in [6.45, 7) is 8.41. The fourth-order valence-corrected chi connectivity index (χ4v) is 4.70. The lowest BCUT2D eigenvalue weighted by molar-refractivity contribution is -0.124. The quantitative estimate of drug-likeness (QED) is 0.256. The number of amides is 1. The van der Waals surface area contributed by atoms with Crippen molar-refractivity contribution in [2.45, 2.75) is 51.7 Å². The molecule has 3 rings (SSSR count). The van der Waals surface area contributed by atoms with Crippen LogP contribution in [0.15, 0.2) is 30.3 Å². The highest BCUT2D eigenvalue weighted by molar-refractivity contribution is 5.91. The molecule has 1 atom stereocenters. The first-order valence-electron chi connectivity index (χ1n) is 11.4. The summed E-state index contributed by atoms with van der Waals surface area (Å²) in [5.41, 5.74) is 3.71. The van der Waals surface area contributed by atoms with Crippen molar-refractivity contribution in [1.29, 1.82) is 0 Å². The molecular weight excluding hydrogens is 392 g/mol. The Morgan fingerprint density at radius 3 is 2.39 bits per heavy atom. The van der Waals surface area contributed by atoms with Crippen molar-refractivity contribution in [3.63, 3.8) is 0 Å². The average molecular weight is 429 g/mol. The van der Waals surface area contributed by atoms with Crippen LogP contribution >= 0.6 is 0 Å². The molecule has 2 saturated heterocycles. The monoisotopic (exact) mass is 428 g/mol. The van der Waals surface area contributed by atoms with E-state index in [1.807, 2.05) is 18.2 Å². The van der Waals surface area contributed by atoms with E-state index < -0.39 is 5.91 Å². The van der Waals surface area contributed by atoms with E-state index in [0.29, 0.717) is 18.1 Å². The highest BCUT2D eigenvalue weighted by atomic mass is 16.5. The molecular formula is C24H36N4O3. The second kappa shape index (κ2) is 11.4. The maximum atomic E-state index is 11.3. The van der Waals surface area contributed by atoms with Gasteiger partial charge < -0.3 is 9.69 Å². The van der Waals surface area contributed by atoms with Crippen LogP contribution < -0.4 is 15.7 Å². The largest absolute Gasteiger partial charge is 0.371 e. The van der Waals surface area contributed by atoms with Gasteiger partial charge in [-0.3, -0.25) is 20.2 Å². The number of nitrogens with one attached hydrogen (secondary N) is 2. The van der Waals surface area contributed by atoms with E-state index >= 15 is 0 Å². The van der Waals surface area contributed by atoms with Gasteiger partial charge in [0.05, 0.1) is 6.17 Å². The van der Waals surface area contributed by atoms with Crippen molar-refractivity contribution >= 4 is 24.0 Å². The lowest BCUT2D eigenvalue weighted by Crippen LogP contribution is -2.56. The van der Waals surface area contributed by atoms with E-state index in [1.165, 1.54) is 6.08 Å². The zero-order chi connectivity index (χ0) is 22.2. The van der Waals surface area contributed by atoms with Gasteiger partial charge >= 0.3 is 0 Å². The number of benzene rings is 1. The number of likely N-dealkylation sites (tertiary alicyclic amines) is 1. The van der Waals surface area contributed by atoms with E-state index in [4.69, 9.17) is 5.21 Å². The molecule has 1 aromatic carbocycles. The van der Waals surface area contributed by atoms with E-state index in [-0.39, 0.29) is 5.92 Å². The summed E-state index contributed by atoms with van der Waals surface area (Å²) >= 11 is 0. The molecule has 7 heteroatoms. The number of anilines is 1. The van der Waals surface area contributed by atoms with Gasteiger partial charge in [-0.25, -0.2) is 5.48 Å². The van der Waals surface area contributed by atoms with E-state index in [0.717, 1.165) is 69.4 Å². The third kappa shape index (κ3) is 6.38. The van der Waals surface area contributed by atoms with Gasteiger partial charge in [-0.1, -0.05) is 32.0 Å². The SMILES string of the molecule is CC(C)C(NC1CCN(c2ccccc2/C=C/C(=O)NO)CC1)N1CCC(C=O)CC1. The number of piperidine rings is 2. The Bertz CT molecular complexity index is 751. The van der Waals surface area contributed by atoms with Gasteiger partial charge in [-0.15, -0.1) is 0 Å². The van der Waals surface area contributed by atoms with Gasteiger partial charge in [-0.2, -0.15) is 0 Å². The molecule has 0 spiro atoms. The summed E-state index contributed by atoms with van der Waals surface area (Å²) in [5.74, 6) is 0.203. The first kappa shape index (κ1) is 23.4. The minimum absolute atomic E-state index is 0.227. The molecule has 1 unspecified atom stereocenters. The van der Waals surface area contributed by atoms with Crippen molar-refractivity contribution in [2.24, 2.45) is 11.8 Å². The minimum atomic E-state index is -0.533. The molecule has 1 aromatic rings. The standard InChI is InChI=1S/C24H36N4O3/c1-18(2)24(28-13-9-19(17-29)10-14-28)25-21-11-15-27(16-12-21)22-6-4-3-5-20(22)7-8-23(30)26-31/h3-8,17-19,21,24-25,31H,9-16H2,1-2H3,(H,26,30)/b8-7+. The smallest absolute Gasteiger partial charge is 0.267 e. The second-order valence-electron chi connectivity index (χ2n) is 8.99. The molecule has 31 heavy (non-hydrogen) atoms. The number of hydrogen-bond donors (Lipinski definition) is 3. The molecule has 7 nitrogen and oxygen atoms in total. The van der Waals surface area contributed by atoms with Gasteiger partial charge in [0, 0.05) is 49.9 Å². The van der Waals surface area contributed by atoms with Crippen LogP contribution in [0.1, 0.15) is 45.1 Å². The molecule has 170 valence electrons. The van der Waals surface area contributed by atoms with Crippen LogP contribution in [0.5, 0.6) is 0 Å². The van der Waals surface area contributed by atoms with Gasteiger partial charge in [0.1, 0.15) is 6.29 Å². The van der Waals surface area contributed by atoms with Crippen LogP contribution in [0, 0.1) is 11.8 Å². The summed E-state index contributed by atoms with van der Waals surface area (Å²) < 4.78 is 0. The van der Waals surface area contributed by atoms with E-state index in [9.17, 15) is 9.59 Å². The Hall–Kier alpha value is -2.22. The van der Waals surface area contributed by atoms with Crippen LogP contribution in [-0.4, -0.2) is 60.7 Å². The molecule has 1 amide bonds. The molecule has 2 fully saturated rings. The molecule has 0 aliphatic carbocycles. The number of hydrogen-bond acceptors (Lipinski definition) is 6. The lowest BCUT2D eigenvalue weighted by Gasteiger charge is -2.43. The number of hydroxylamine groups is 1. The van der Waals surface area contributed by atoms with Crippen LogP contribution in [0.3, 0.4) is 0 Å². The molecule has 3 N–H and O–H groups in total. The molecule has 0 aromatic heterocycles. The van der Waals surface area contributed by atoms with Crippen LogP contribution in [0.25, 0.3) is 6.08 Å². The Morgan fingerprint density at radius 1 is 1.10 bits per heavy atom. The first-order valence-corrected chi connectivity index (χ1v) is 11.4. The number of para-hydroxylation sites is 1. The summed E-state index contributed by atoms with van der Waals surface area (Å²) in [6, 6.07) is 8.50. The van der Waals surface area contributed by atoms with Crippen molar-refractivity contribution in [2.75, 3.05) is 31.1 Å². The topological polar surface area (TPSA) is 84.9 Å². The van der Waals surface area contributed by atoms with Gasteiger partial charge in [0.15, 0.2) is 0 Å². The average Bonchev–Trinajstić information content (AvgIpc) is 2.81. The fraction of sp³-hybridized carbons (Fsp3) is 0.583. The Kier molecular flexibility index (Phi) is 8.63. The van der Waals surface area contributed by atoms with Crippen molar-refractivity contribution < 1.29 is 14.8 Å². The third-order valence-electron chi connectivity index (χ3n) is 6.49. The maximum Gasteiger partial charge on any atom is 0.267 e. The predicted molar refractivity (Wildman–Crippen MR) is 123 cm³/mol. The van der Waals surface area contributed by atoms with Gasteiger partial charge in [0.2, 0.25) is 0 Å². The summed E-state index contributed by atoms with van der Waals surface area (Å²) in [7, 11) is 0. The molecule has 0 radical (unpaired) electrons. The summed E-state index contributed by atoms with van der Waals surface area (Å²) in [6.07, 6.45) is 8.59. The molecule has 2 heterocycles. The molecule has 2 aliphatic rings. The lowest BCUT2D eigenvalue weighted by atomic mass is 9.95. The molecule has 2 aliphatic heterocycles. The van der Waals surface area contributed by atoms with Crippen LogP contribution in [-0.2, 0) is 9.59 Å². The van der Waals surface area contributed by atoms with E-state index in [2.05, 4.69) is 35.0 Å². The highest BCUT2D eigenvalue weighted by Crippen LogP contribution is 2.26. The number of aldehydes is 1. The third-order valence-corrected chi connectivity index (χ3v) is 6.49. The number of carbonyl (C=O) groups is 2. The summed E-state index contributed by atoms with van der Waals surface area (Å²) in [5, 5.41) is 12.6. The van der Waals surface area contributed by atoms with Crippen molar-refractivity contribution in [3.8, 4) is 0 Å². The zero-order valence-electron chi connectivity index (χ0n) is 18.7. The molecule has 0 saturated carbocycles. The second-order valence-corrected chi connectivity index (χ2v) is 8.99. The number of nitrogens with zero attached hydrogens (tertiary/aromatic N) is 2. The minimum Gasteiger partial charge on any atom is -0.371 e. The normalized spacial score (nSPS) is 20.3. The Morgan fingerprint density at radius 2 is 1.77 bits per heavy atom. The number of carbonyl (C=O) groups excluding carboxylic acids is 2. The zero-order valence-corrected chi connectivity index (χ0v) is 18.7. The molecule has 0 bridgehead atoms. The first-order chi connectivity index (χ1) is 15.0. The number of rotatable bonds is 8. The van der Waals surface area contributed by atoms with Crippen molar-refractivity contribution in [1.82, 2.24) is 15.7 Å². The van der Waals surface area contributed by atoms with Gasteiger partial charge in [0.25, 0.3) is 5.91 Å². The maximum absolute atomic E-state index is 11.3. The Labute approximate surface area is 185 Å². The van der Waals surface area contributed by atoms with Crippen molar-refractivity contribution in [3.05, 3.63) is 35.9 Å². The highest BCUT2D eigenvalue weighted by Gasteiger charge is 2.30. The summed E-state index contributed by atoms with van der Waals surface area (Å²) in [4.78, 5) is 27.3. The van der Waals surface area contributed by atoms with Gasteiger partial charge in [-0.05, 0) is 49.3 Å².